The van der Waals surface area contributed by atoms with Crippen molar-refractivity contribution in [1.29, 1.82) is 0 Å². The van der Waals surface area contributed by atoms with Gasteiger partial charge in [-0.1, -0.05) is 30.3 Å². The van der Waals surface area contributed by atoms with Crippen LogP contribution in [0.1, 0.15) is 25.3 Å². The highest BCUT2D eigenvalue weighted by atomic mass is 32.2. The summed E-state index contributed by atoms with van der Waals surface area (Å²) in [6.07, 6.45) is 1.55. The second kappa shape index (κ2) is 5.39. The largest absolute Gasteiger partial charge is 0.308 e. The van der Waals surface area contributed by atoms with Crippen molar-refractivity contribution in [1.82, 2.24) is 9.62 Å². The van der Waals surface area contributed by atoms with Crippen LogP contribution in [0, 0.1) is 11.8 Å². The van der Waals surface area contributed by atoms with E-state index in [1.54, 1.807) is 11.2 Å². The van der Waals surface area contributed by atoms with Gasteiger partial charge in [0.25, 0.3) is 5.91 Å². The first-order valence-electron chi connectivity index (χ1n) is 8.41. The van der Waals surface area contributed by atoms with Crippen LogP contribution in [0.5, 0.6) is 0 Å². The molecular formula is C17H21N3O3S. The SMILES string of the molecule is CCS(=O)(=O)N1C[C@@H]2CC[C@]3(N=C(c4ccccc4)NC3=O)[C@@H]2C1. The molecular weight excluding hydrogens is 326 g/mol. The van der Waals surface area contributed by atoms with Gasteiger partial charge < -0.3 is 5.32 Å². The van der Waals surface area contributed by atoms with Crippen LogP contribution in [-0.4, -0.2) is 48.8 Å². The van der Waals surface area contributed by atoms with Gasteiger partial charge in [0.05, 0.1) is 5.75 Å². The molecule has 0 bridgehead atoms. The molecule has 0 radical (unpaired) electrons. The molecule has 2 aliphatic heterocycles. The van der Waals surface area contributed by atoms with Gasteiger partial charge in [-0.15, -0.1) is 0 Å². The maximum absolute atomic E-state index is 12.8. The van der Waals surface area contributed by atoms with E-state index in [2.05, 4.69) is 5.32 Å². The van der Waals surface area contributed by atoms with Crippen molar-refractivity contribution >= 4 is 21.8 Å². The smallest absolute Gasteiger partial charge is 0.253 e. The third-order valence-corrected chi connectivity index (χ3v) is 7.47. The Hall–Kier alpha value is -1.73. The summed E-state index contributed by atoms with van der Waals surface area (Å²) in [5, 5.41) is 2.93. The molecule has 1 N–H and O–H groups in total. The quantitative estimate of drug-likeness (QED) is 0.886. The first-order chi connectivity index (χ1) is 11.5. The number of nitrogens with one attached hydrogen (secondary N) is 1. The predicted octanol–water partition coefficient (Wildman–Crippen LogP) is 0.993. The van der Waals surface area contributed by atoms with Gasteiger partial charge in [0.2, 0.25) is 10.0 Å². The zero-order valence-corrected chi connectivity index (χ0v) is 14.4. The van der Waals surface area contributed by atoms with Crippen LogP contribution in [0.2, 0.25) is 0 Å². The second-order valence-corrected chi connectivity index (χ2v) is 9.09. The van der Waals surface area contributed by atoms with Crippen LogP contribution in [-0.2, 0) is 14.8 Å². The van der Waals surface area contributed by atoms with E-state index in [1.165, 1.54) is 0 Å². The first-order valence-corrected chi connectivity index (χ1v) is 10.0. The highest BCUT2D eigenvalue weighted by molar-refractivity contribution is 7.89. The van der Waals surface area contributed by atoms with E-state index in [0.29, 0.717) is 25.3 Å². The van der Waals surface area contributed by atoms with Crippen LogP contribution in [0.3, 0.4) is 0 Å². The molecule has 6 nitrogen and oxygen atoms in total. The number of carbonyl (C=O) groups excluding carboxylic acids is 1. The molecule has 0 aromatic heterocycles. The van der Waals surface area contributed by atoms with E-state index in [9.17, 15) is 13.2 Å². The average molecular weight is 347 g/mol. The van der Waals surface area contributed by atoms with Crippen LogP contribution < -0.4 is 5.32 Å². The minimum Gasteiger partial charge on any atom is -0.308 e. The van der Waals surface area contributed by atoms with Gasteiger partial charge in [-0.3, -0.25) is 9.79 Å². The zero-order valence-electron chi connectivity index (χ0n) is 13.6. The Morgan fingerprint density at radius 3 is 2.75 bits per heavy atom. The fourth-order valence-corrected chi connectivity index (χ4v) is 5.48. The monoisotopic (exact) mass is 347 g/mol. The van der Waals surface area contributed by atoms with E-state index in [1.807, 2.05) is 30.3 Å². The predicted molar refractivity (Wildman–Crippen MR) is 91.1 cm³/mol. The molecule has 24 heavy (non-hydrogen) atoms. The number of rotatable bonds is 3. The van der Waals surface area contributed by atoms with Crippen LogP contribution in [0.15, 0.2) is 35.3 Å². The summed E-state index contributed by atoms with van der Waals surface area (Å²) in [4.78, 5) is 17.5. The molecule has 1 aliphatic carbocycles. The van der Waals surface area contributed by atoms with Crippen molar-refractivity contribution in [2.75, 3.05) is 18.8 Å². The van der Waals surface area contributed by atoms with Gasteiger partial charge >= 0.3 is 0 Å². The van der Waals surface area contributed by atoms with Crippen molar-refractivity contribution in [3.8, 4) is 0 Å². The Labute approximate surface area is 142 Å². The van der Waals surface area contributed by atoms with Gasteiger partial charge in [0.15, 0.2) is 0 Å². The first kappa shape index (κ1) is 15.8. The number of amides is 1. The van der Waals surface area contributed by atoms with Crippen molar-refractivity contribution < 1.29 is 13.2 Å². The van der Waals surface area contributed by atoms with Crippen LogP contribution in [0.4, 0.5) is 0 Å². The summed E-state index contributed by atoms with van der Waals surface area (Å²) in [5.41, 5.74) is 0.0932. The molecule has 1 aromatic carbocycles. The second-order valence-electron chi connectivity index (χ2n) is 6.83. The molecule has 1 aromatic rings. The minimum absolute atomic E-state index is 0.0277. The number of hydrogen-bond donors (Lipinski definition) is 1. The molecule has 3 atom stereocenters. The Morgan fingerprint density at radius 1 is 1.29 bits per heavy atom. The fraction of sp³-hybridized carbons (Fsp3) is 0.529. The van der Waals surface area contributed by atoms with Crippen LogP contribution in [0.25, 0.3) is 0 Å². The molecule has 2 heterocycles. The number of nitrogens with zero attached hydrogens (tertiary/aromatic N) is 2. The molecule has 3 aliphatic rings. The topological polar surface area (TPSA) is 78.8 Å². The third-order valence-electron chi connectivity index (χ3n) is 5.66. The Morgan fingerprint density at radius 2 is 2.04 bits per heavy atom. The molecule has 7 heteroatoms. The summed E-state index contributed by atoms with van der Waals surface area (Å²) >= 11 is 0. The van der Waals surface area contributed by atoms with E-state index < -0.39 is 15.6 Å². The van der Waals surface area contributed by atoms with Crippen LogP contribution >= 0.6 is 0 Å². The molecule has 128 valence electrons. The summed E-state index contributed by atoms with van der Waals surface area (Å²) in [6.45, 7) is 2.58. The highest BCUT2D eigenvalue weighted by Gasteiger charge is 2.60. The van der Waals surface area contributed by atoms with Gasteiger partial charge in [0, 0.05) is 24.6 Å². The van der Waals surface area contributed by atoms with Crippen molar-refractivity contribution in [2.45, 2.75) is 25.3 Å². The molecule has 4 rings (SSSR count). The van der Waals surface area contributed by atoms with Gasteiger partial charge in [-0.2, -0.15) is 0 Å². The maximum Gasteiger partial charge on any atom is 0.253 e. The Kier molecular flexibility index (Phi) is 3.54. The number of sulfonamides is 1. The number of amidine groups is 1. The number of hydrogen-bond acceptors (Lipinski definition) is 4. The molecule has 1 amide bonds. The molecule has 1 spiro atoms. The number of carbonyl (C=O) groups is 1. The lowest BCUT2D eigenvalue weighted by molar-refractivity contribution is -0.124. The average Bonchev–Trinajstić information content (AvgIpc) is 3.25. The van der Waals surface area contributed by atoms with E-state index in [4.69, 9.17) is 4.99 Å². The maximum atomic E-state index is 12.8. The van der Waals surface area contributed by atoms with Gasteiger partial charge in [-0.05, 0) is 25.7 Å². The molecule has 0 unspecified atom stereocenters. The number of aliphatic imine (C=N–C) groups is 1. The molecule has 1 saturated carbocycles. The zero-order chi connectivity index (χ0) is 16.9. The Bertz CT molecular complexity index is 806. The lowest BCUT2D eigenvalue weighted by Crippen LogP contribution is -2.45. The number of benzene rings is 1. The lowest BCUT2D eigenvalue weighted by atomic mass is 9.85. The van der Waals surface area contributed by atoms with Gasteiger partial charge in [-0.25, -0.2) is 12.7 Å². The fourth-order valence-electron chi connectivity index (χ4n) is 4.31. The molecule has 1 saturated heterocycles. The third kappa shape index (κ3) is 2.22. The number of fused-ring (bicyclic) bond motifs is 2. The summed E-state index contributed by atoms with van der Waals surface area (Å²) < 4.78 is 25.9. The summed E-state index contributed by atoms with van der Waals surface area (Å²) in [6, 6.07) is 9.60. The van der Waals surface area contributed by atoms with Gasteiger partial charge in [0.1, 0.15) is 11.4 Å². The molecule has 2 fully saturated rings. The van der Waals surface area contributed by atoms with E-state index in [0.717, 1.165) is 12.0 Å². The Balaban J connectivity index is 1.67. The van der Waals surface area contributed by atoms with Crippen molar-refractivity contribution in [2.24, 2.45) is 16.8 Å². The van der Waals surface area contributed by atoms with Crippen molar-refractivity contribution in [3.63, 3.8) is 0 Å². The lowest BCUT2D eigenvalue weighted by Gasteiger charge is -2.25. The summed E-state index contributed by atoms with van der Waals surface area (Å²) in [5.74, 6) is 0.822. The highest BCUT2D eigenvalue weighted by Crippen LogP contribution is 2.49. The van der Waals surface area contributed by atoms with Crippen molar-refractivity contribution in [3.05, 3.63) is 35.9 Å². The normalized spacial score (nSPS) is 32.9. The minimum atomic E-state index is -3.22. The summed E-state index contributed by atoms with van der Waals surface area (Å²) in [7, 11) is -3.22. The van der Waals surface area contributed by atoms with E-state index in [-0.39, 0.29) is 23.5 Å². The standard InChI is InChI=1S/C17H21N3O3S/c1-2-24(22,23)20-10-13-8-9-17(14(13)11-20)16(21)18-15(19-17)12-6-4-3-5-7-12/h3-7,13-14H,2,8-11H2,1H3,(H,18,19,21)/t13-,14+,17-/m0/s1. The van der Waals surface area contributed by atoms with E-state index >= 15 is 0 Å².